The highest BCUT2D eigenvalue weighted by molar-refractivity contribution is 9.10. The lowest BCUT2D eigenvalue weighted by Crippen LogP contribution is -2.52. The number of carbonyl (C=O) groups is 2. The third-order valence-electron chi connectivity index (χ3n) is 6.78. The normalized spacial score (nSPS) is 13.2. The monoisotopic (exact) mass is 667 g/mol. The molecular formula is C30H33BrF3N3O4S. The van der Waals surface area contributed by atoms with Crippen LogP contribution in [0.3, 0.4) is 0 Å². The van der Waals surface area contributed by atoms with Crippen molar-refractivity contribution >= 4 is 43.5 Å². The fourth-order valence-corrected chi connectivity index (χ4v) is 5.71. The van der Waals surface area contributed by atoms with E-state index in [0.29, 0.717) is 22.4 Å². The van der Waals surface area contributed by atoms with Crippen LogP contribution in [0.5, 0.6) is 0 Å². The Balaban J connectivity index is 2.08. The van der Waals surface area contributed by atoms with Gasteiger partial charge < -0.3 is 10.2 Å². The highest BCUT2D eigenvalue weighted by Gasteiger charge is 2.35. The van der Waals surface area contributed by atoms with Crippen LogP contribution in [-0.4, -0.2) is 43.8 Å². The van der Waals surface area contributed by atoms with Gasteiger partial charge in [0, 0.05) is 17.1 Å². The van der Waals surface area contributed by atoms with Crippen molar-refractivity contribution in [2.75, 3.05) is 10.8 Å². The maximum Gasteiger partial charge on any atom is 0.416 e. The van der Waals surface area contributed by atoms with Crippen LogP contribution in [0.2, 0.25) is 0 Å². The largest absolute Gasteiger partial charge is 0.416 e. The van der Waals surface area contributed by atoms with E-state index in [2.05, 4.69) is 21.2 Å². The molecule has 7 nitrogen and oxygen atoms in total. The molecule has 1 N–H and O–H groups in total. The molecule has 0 saturated carbocycles. The first-order valence-electron chi connectivity index (χ1n) is 13.2. The molecule has 0 aliphatic rings. The summed E-state index contributed by atoms with van der Waals surface area (Å²) >= 11 is 3.36. The van der Waals surface area contributed by atoms with Gasteiger partial charge in [0.05, 0.1) is 16.1 Å². The first-order chi connectivity index (χ1) is 19.6. The van der Waals surface area contributed by atoms with Gasteiger partial charge in [-0.15, -0.1) is 0 Å². The fourth-order valence-electron chi connectivity index (χ4n) is 4.04. The summed E-state index contributed by atoms with van der Waals surface area (Å²) in [5, 5.41) is 2.83. The number of rotatable bonds is 11. The number of hydrogen-bond acceptors (Lipinski definition) is 4. The average Bonchev–Trinajstić information content (AvgIpc) is 2.94. The number of sulfonamides is 1. The van der Waals surface area contributed by atoms with E-state index < -0.39 is 46.2 Å². The standard InChI is InChI=1S/C30H33BrF3N3O4S/c1-5-21(3)35-29(39)22(4)36(18-23-11-13-25(31)14-12-23)28(38)19-37(26-8-6-7-24(17-26)30(32,33)34)42(40,41)27-15-9-20(2)10-16-27/h6-17,21-22H,5,18-19H2,1-4H3,(H,35,39)/t21-,22+/m1/s1. The Bertz CT molecular complexity index is 1500. The number of nitrogens with one attached hydrogen (secondary N) is 1. The minimum Gasteiger partial charge on any atom is -0.352 e. The Labute approximate surface area is 252 Å². The van der Waals surface area contributed by atoms with E-state index in [1.54, 1.807) is 43.3 Å². The molecule has 0 fully saturated rings. The fraction of sp³-hybridized carbons (Fsp3) is 0.333. The van der Waals surface area contributed by atoms with Gasteiger partial charge in [-0.2, -0.15) is 13.2 Å². The quantitative estimate of drug-likeness (QED) is 0.260. The van der Waals surface area contributed by atoms with Crippen molar-refractivity contribution in [3.63, 3.8) is 0 Å². The molecule has 3 rings (SSSR count). The van der Waals surface area contributed by atoms with Gasteiger partial charge in [0.2, 0.25) is 11.8 Å². The molecule has 3 aromatic carbocycles. The Morgan fingerprint density at radius 3 is 2.17 bits per heavy atom. The van der Waals surface area contributed by atoms with Gasteiger partial charge in [-0.05, 0) is 75.2 Å². The van der Waals surface area contributed by atoms with Crippen LogP contribution in [0.15, 0.2) is 82.2 Å². The molecule has 3 aromatic rings. The summed E-state index contributed by atoms with van der Waals surface area (Å²) in [7, 11) is -4.50. The average molecular weight is 669 g/mol. The molecule has 12 heteroatoms. The summed E-state index contributed by atoms with van der Waals surface area (Å²) in [5.74, 6) is -1.21. The number of anilines is 1. The number of alkyl halides is 3. The second-order valence-electron chi connectivity index (χ2n) is 10.0. The molecule has 0 radical (unpaired) electrons. The van der Waals surface area contributed by atoms with E-state index in [-0.39, 0.29) is 23.2 Å². The summed E-state index contributed by atoms with van der Waals surface area (Å²) in [5.41, 5.74) is 0.0443. The van der Waals surface area contributed by atoms with Crippen LogP contribution in [0.4, 0.5) is 18.9 Å². The van der Waals surface area contributed by atoms with Gasteiger partial charge in [0.15, 0.2) is 0 Å². The molecule has 0 spiro atoms. The molecule has 0 unspecified atom stereocenters. The van der Waals surface area contributed by atoms with Crippen LogP contribution in [0.1, 0.15) is 43.9 Å². The summed E-state index contributed by atoms with van der Waals surface area (Å²) in [6.07, 6.45) is -4.09. The number of nitrogens with zero attached hydrogens (tertiary/aromatic N) is 2. The topological polar surface area (TPSA) is 86.8 Å². The van der Waals surface area contributed by atoms with Crippen molar-refractivity contribution in [2.24, 2.45) is 0 Å². The molecule has 0 aliphatic carbocycles. The molecule has 42 heavy (non-hydrogen) atoms. The van der Waals surface area contributed by atoms with Gasteiger partial charge >= 0.3 is 6.18 Å². The van der Waals surface area contributed by atoms with Crippen molar-refractivity contribution in [1.29, 1.82) is 0 Å². The zero-order valence-electron chi connectivity index (χ0n) is 23.7. The number of halogens is 4. The van der Waals surface area contributed by atoms with Gasteiger partial charge in [-0.25, -0.2) is 8.42 Å². The number of amides is 2. The first-order valence-corrected chi connectivity index (χ1v) is 15.5. The molecular weight excluding hydrogens is 635 g/mol. The second kappa shape index (κ2) is 13.7. The van der Waals surface area contributed by atoms with Crippen molar-refractivity contribution in [3.8, 4) is 0 Å². The van der Waals surface area contributed by atoms with Gasteiger partial charge in [-0.1, -0.05) is 58.7 Å². The van der Waals surface area contributed by atoms with Crippen LogP contribution in [-0.2, 0) is 32.3 Å². The highest BCUT2D eigenvalue weighted by atomic mass is 79.9. The lowest BCUT2D eigenvalue weighted by molar-refractivity contribution is -0.139. The predicted octanol–water partition coefficient (Wildman–Crippen LogP) is 6.30. The molecule has 0 saturated heterocycles. The minimum absolute atomic E-state index is 0.0395. The summed E-state index contributed by atoms with van der Waals surface area (Å²) in [6, 6.07) is 15.4. The third kappa shape index (κ3) is 8.34. The molecule has 0 heterocycles. The lowest BCUT2D eigenvalue weighted by Gasteiger charge is -2.32. The SMILES string of the molecule is CC[C@@H](C)NC(=O)[C@H](C)N(Cc1ccc(Br)cc1)C(=O)CN(c1cccc(C(F)(F)F)c1)S(=O)(=O)c1ccc(C)cc1. The van der Waals surface area contributed by atoms with E-state index in [1.807, 2.05) is 13.8 Å². The van der Waals surface area contributed by atoms with Crippen LogP contribution in [0, 0.1) is 6.92 Å². The molecule has 0 bridgehead atoms. The van der Waals surface area contributed by atoms with E-state index in [9.17, 15) is 31.2 Å². The van der Waals surface area contributed by atoms with E-state index in [1.165, 1.54) is 30.0 Å². The van der Waals surface area contributed by atoms with E-state index in [0.717, 1.165) is 22.2 Å². The van der Waals surface area contributed by atoms with Crippen LogP contribution < -0.4 is 9.62 Å². The van der Waals surface area contributed by atoms with Gasteiger partial charge in [-0.3, -0.25) is 13.9 Å². The van der Waals surface area contributed by atoms with Gasteiger partial charge in [0.25, 0.3) is 10.0 Å². The van der Waals surface area contributed by atoms with Crippen molar-refractivity contribution in [2.45, 2.75) is 63.8 Å². The first kappa shape index (κ1) is 33.1. The Morgan fingerprint density at radius 2 is 1.60 bits per heavy atom. The molecule has 0 aromatic heterocycles. The Kier molecular flexibility index (Phi) is 10.8. The lowest BCUT2D eigenvalue weighted by atomic mass is 10.1. The van der Waals surface area contributed by atoms with Crippen molar-refractivity contribution in [3.05, 3.63) is 94.0 Å². The molecule has 0 aliphatic heterocycles. The molecule has 2 amide bonds. The predicted molar refractivity (Wildman–Crippen MR) is 159 cm³/mol. The van der Waals surface area contributed by atoms with Crippen molar-refractivity contribution in [1.82, 2.24) is 10.2 Å². The summed E-state index contributed by atoms with van der Waals surface area (Å²) < 4.78 is 69.9. The Hall–Kier alpha value is -3.38. The van der Waals surface area contributed by atoms with Crippen LogP contribution >= 0.6 is 15.9 Å². The zero-order valence-corrected chi connectivity index (χ0v) is 26.1. The number of aryl methyl sites for hydroxylation is 1. The Morgan fingerprint density at radius 1 is 0.976 bits per heavy atom. The van der Waals surface area contributed by atoms with Gasteiger partial charge in [0.1, 0.15) is 12.6 Å². The van der Waals surface area contributed by atoms with Crippen LogP contribution in [0.25, 0.3) is 0 Å². The second-order valence-corrected chi connectivity index (χ2v) is 12.8. The molecule has 226 valence electrons. The zero-order chi connectivity index (χ0) is 31.2. The molecule has 2 atom stereocenters. The minimum atomic E-state index is -4.74. The smallest absolute Gasteiger partial charge is 0.352 e. The summed E-state index contributed by atoms with van der Waals surface area (Å²) in [6.45, 7) is 6.11. The summed E-state index contributed by atoms with van der Waals surface area (Å²) in [4.78, 5) is 28.1. The van der Waals surface area contributed by atoms with E-state index >= 15 is 0 Å². The van der Waals surface area contributed by atoms with E-state index in [4.69, 9.17) is 0 Å². The third-order valence-corrected chi connectivity index (χ3v) is 9.10. The highest BCUT2D eigenvalue weighted by Crippen LogP contribution is 2.33. The van der Waals surface area contributed by atoms with Crippen molar-refractivity contribution < 1.29 is 31.2 Å². The number of carbonyl (C=O) groups excluding carboxylic acids is 2. The number of hydrogen-bond donors (Lipinski definition) is 1. The maximum absolute atomic E-state index is 13.9. The maximum atomic E-state index is 13.9. The number of benzene rings is 3.